The monoisotopic (exact) mass is 356 g/mol. The quantitative estimate of drug-likeness (QED) is 0.649. The van der Waals surface area contributed by atoms with Crippen molar-refractivity contribution in [3.05, 3.63) is 32.5 Å². The zero-order chi connectivity index (χ0) is 14.3. The van der Waals surface area contributed by atoms with Crippen molar-refractivity contribution in [2.45, 2.75) is 12.5 Å². The van der Waals surface area contributed by atoms with Crippen molar-refractivity contribution >= 4 is 27.5 Å². The average Bonchev–Trinajstić information content (AvgIpc) is 2.76. The molecule has 2 unspecified atom stereocenters. The molecule has 1 aliphatic rings. The summed E-state index contributed by atoms with van der Waals surface area (Å²) in [5, 5.41) is -0.375. The van der Waals surface area contributed by atoms with Gasteiger partial charge in [0, 0.05) is 18.2 Å². The van der Waals surface area contributed by atoms with Crippen LogP contribution in [0.2, 0.25) is 5.02 Å². The molecule has 1 heterocycles. The molecular formula is C12H13BrClF3N2. The normalized spacial score (nSPS) is 24.2. The highest BCUT2D eigenvalue weighted by Gasteiger charge is 2.36. The molecule has 2 nitrogen and oxygen atoms in total. The molecule has 0 radical (unpaired) electrons. The third-order valence-corrected chi connectivity index (χ3v) is 4.61. The molecule has 0 saturated carbocycles. The summed E-state index contributed by atoms with van der Waals surface area (Å²) in [6.07, 6.45) is 0.532. The van der Waals surface area contributed by atoms with Crippen LogP contribution in [0.3, 0.4) is 0 Å². The first-order valence-electron chi connectivity index (χ1n) is 5.80. The highest BCUT2D eigenvalue weighted by molar-refractivity contribution is 9.10. The molecule has 0 aliphatic carbocycles. The van der Waals surface area contributed by atoms with E-state index in [4.69, 9.17) is 17.3 Å². The summed E-state index contributed by atoms with van der Waals surface area (Å²) < 4.78 is 40.9. The minimum atomic E-state index is -1.25. The largest absolute Gasteiger partial charge is 0.330 e. The highest BCUT2D eigenvalue weighted by Crippen LogP contribution is 2.42. The van der Waals surface area contributed by atoms with Crippen molar-refractivity contribution in [1.82, 2.24) is 4.90 Å². The highest BCUT2D eigenvalue weighted by atomic mass is 79.9. The zero-order valence-electron chi connectivity index (χ0n) is 10.2. The van der Waals surface area contributed by atoms with Crippen LogP contribution in [-0.4, -0.2) is 25.0 Å². The number of halogens is 5. The van der Waals surface area contributed by atoms with Gasteiger partial charge in [0.2, 0.25) is 0 Å². The van der Waals surface area contributed by atoms with E-state index in [-0.39, 0.29) is 16.5 Å². The summed E-state index contributed by atoms with van der Waals surface area (Å²) in [6, 6.07) is -0.460. The van der Waals surface area contributed by atoms with Gasteiger partial charge in [-0.2, -0.15) is 0 Å². The van der Waals surface area contributed by atoms with Gasteiger partial charge in [-0.15, -0.1) is 0 Å². The Balaban J connectivity index is 2.52. The fourth-order valence-electron chi connectivity index (χ4n) is 2.53. The summed E-state index contributed by atoms with van der Waals surface area (Å²) in [5.74, 6) is -3.16. The van der Waals surface area contributed by atoms with E-state index in [2.05, 4.69) is 15.9 Å². The molecule has 0 bridgehead atoms. The number of nitrogens with zero attached hydrogens (tertiary/aromatic N) is 1. The van der Waals surface area contributed by atoms with Gasteiger partial charge >= 0.3 is 0 Å². The molecule has 106 valence electrons. The van der Waals surface area contributed by atoms with Gasteiger partial charge < -0.3 is 5.73 Å². The predicted molar refractivity (Wildman–Crippen MR) is 71.6 cm³/mol. The zero-order valence-corrected chi connectivity index (χ0v) is 12.5. The van der Waals surface area contributed by atoms with Crippen LogP contribution in [0.4, 0.5) is 13.2 Å². The van der Waals surface area contributed by atoms with E-state index in [0.29, 0.717) is 19.5 Å². The summed E-state index contributed by atoms with van der Waals surface area (Å²) in [6.45, 7) is 1.10. The Kier molecular flexibility index (Phi) is 4.45. The Hall–Kier alpha value is -0.300. The molecule has 1 aliphatic heterocycles. The van der Waals surface area contributed by atoms with Crippen LogP contribution in [0.5, 0.6) is 0 Å². The number of hydrogen-bond acceptors (Lipinski definition) is 2. The molecule has 0 amide bonds. The van der Waals surface area contributed by atoms with Gasteiger partial charge in [-0.05, 0) is 41.9 Å². The maximum absolute atomic E-state index is 14.0. The minimum absolute atomic E-state index is 0.127. The van der Waals surface area contributed by atoms with E-state index in [0.717, 1.165) is 0 Å². The number of likely N-dealkylation sites (tertiary alicyclic amines) is 1. The number of rotatable bonds is 2. The third kappa shape index (κ3) is 2.51. The first kappa shape index (κ1) is 15.1. The molecule has 1 fully saturated rings. The summed E-state index contributed by atoms with van der Waals surface area (Å²) >= 11 is 8.50. The van der Waals surface area contributed by atoms with Gasteiger partial charge in [-0.3, -0.25) is 4.90 Å². The van der Waals surface area contributed by atoms with Crippen molar-refractivity contribution in [3.63, 3.8) is 0 Å². The van der Waals surface area contributed by atoms with E-state index in [1.165, 1.54) is 0 Å². The molecule has 1 saturated heterocycles. The Morgan fingerprint density at radius 1 is 1.32 bits per heavy atom. The first-order chi connectivity index (χ1) is 8.88. The fourth-order valence-corrected chi connectivity index (χ4v) is 3.32. The molecule has 2 N–H and O–H groups in total. The number of nitrogens with two attached hydrogens (primary N) is 1. The predicted octanol–water partition coefficient (Wildman–Crippen LogP) is 3.47. The lowest BCUT2D eigenvalue weighted by Gasteiger charge is -2.22. The van der Waals surface area contributed by atoms with Crippen molar-refractivity contribution in [2.24, 2.45) is 11.7 Å². The lowest BCUT2D eigenvalue weighted by Crippen LogP contribution is -2.21. The summed E-state index contributed by atoms with van der Waals surface area (Å²) in [5.41, 5.74) is 5.46. The molecule has 1 aromatic carbocycles. The second kappa shape index (κ2) is 5.60. The Morgan fingerprint density at radius 3 is 2.47 bits per heavy atom. The topological polar surface area (TPSA) is 29.3 Å². The third-order valence-electron chi connectivity index (χ3n) is 3.55. The standard InChI is InChI=1S/C12H13BrClF3N2/c1-19-4-5(3-18)2-6(19)7-9(14)11(16)8(13)12(17)10(7)15/h5-6H,2-4,18H2,1H3. The van der Waals surface area contributed by atoms with Gasteiger partial charge in [-0.25, -0.2) is 13.2 Å². The van der Waals surface area contributed by atoms with Crippen molar-refractivity contribution < 1.29 is 13.2 Å². The van der Waals surface area contributed by atoms with Crippen LogP contribution in [0, 0.1) is 23.4 Å². The van der Waals surface area contributed by atoms with Gasteiger partial charge in [0.1, 0.15) is 0 Å². The van der Waals surface area contributed by atoms with Gasteiger partial charge in [0.15, 0.2) is 17.5 Å². The Labute approximate surface area is 122 Å². The molecular weight excluding hydrogens is 344 g/mol. The number of hydrogen-bond donors (Lipinski definition) is 1. The number of benzene rings is 1. The van der Waals surface area contributed by atoms with E-state index in [1.54, 1.807) is 7.05 Å². The Morgan fingerprint density at radius 2 is 1.95 bits per heavy atom. The molecule has 2 rings (SSSR count). The lowest BCUT2D eigenvalue weighted by molar-refractivity contribution is 0.302. The second-order valence-corrected chi connectivity index (χ2v) is 5.95. The van der Waals surface area contributed by atoms with Crippen LogP contribution in [0.1, 0.15) is 18.0 Å². The van der Waals surface area contributed by atoms with Crippen LogP contribution >= 0.6 is 27.5 Å². The van der Waals surface area contributed by atoms with E-state index < -0.39 is 28.0 Å². The minimum Gasteiger partial charge on any atom is -0.330 e. The Bertz CT molecular complexity index is 483. The molecule has 0 aromatic heterocycles. The van der Waals surface area contributed by atoms with Crippen molar-refractivity contribution in [1.29, 1.82) is 0 Å². The average molecular weight is 358 g/mol. The van der Waals surface area contributed by atoms with Gasteiger partial charge in [-0.1, -0.05) is 11.6 Å². The van der Waals surface area contributed by atoms with Crippen LogP contribution < -0.4 is 5.73 Å². The van der Waals surface area contributed by atoms with E-state index in [9.17, 15) is 13.2 Å². The van der Waals surface area contributed by atoms with E-state index >= 15 is 0 Å². The molecule has 2 atom stereocenters. The molecule has 19 heavy (non-hydrogen) atoms. The van der Waals surface area contributed by atoms with Crippen molar-refractivity contribution in [2.75, 3.05) is 20.1 Å². The van der Waals surface area contributed by atoms with Crippen LogP contribution in [-0.2, 0) is 0 Å². The lowest BCUT2D eigenvalue weighted by atomic mass is 9.99. The van der Waals surface area contributed by atoms with Gasteiger partial charge in [0.25, 0.3) is 0 Å². The molecule has 0 spiro atoms. The maximum Gasteiger partial charge on any atom is 0.176 e. The first-order valence-corrected chi connectivity index (χ1v) is 6.97. The SMILES string of the molecule is CN1CC(CN)CC1c1c(F)c(F)c(Br)c(F)c1Cl. The van der Waals surface area contributed by atoms with Gasteiger partial charge in [0.05, 0.1) is 9.50 Å². The summed E-state index contributed by atoms with van der Waals surface area (Å²) in [7, 11) is 1.76. The summed E-state index contributed by atoms with van der Waals surface area (Å²) in [4.78, 5) is 1.81. The van der Waals surface area contributed by atoms with E-state index in [1.807, 2.05) is 4.90 Å². The molecule has 7 heteroatoms. The molecule has 1 aromatic rings. The van der Waals surface area contributed by atoms with Crippen LogP contribution in [0.15, 0.2) is 4.47 Å². The fraction of sp³-hybridized carbons (Fsp3) is 0.500. The van der Waals surface area contributed by atoms with Crippen LogP contribution in [0.25, 0.3) is 0 Å². The smallest absolute Gasteiger partial charge is 0.176 e. The van der Waals surface area contributed by atoms with Crippen molar-refractivity contribution in [3.8, 4) is 0 Å². The second-order valence-electron chi connectivity index (χ2n) is 4.78. The maximum atomic E-state index is 14.0.